The molecule has 86 valence electrons. The fourth-order valence-electron chi connectivity index (χ4n) is 3.01. The first-order valence-corrected chi connectivity index (χ1v) is 5.79. The second kappa shape index (κ2) is 3.39. The quantitative estimate of drug-likeness (QED) is 0.679. The topological polar surface area (TPSA) is 46.5 Å². The molecule has 4 atom stereocenters. The van der Waals surface area contributed by atoms with Crippen LogP contribution >= 0.6 is 0 Å². The summed E-state index contributed by atoms with van der Waals surface area (Å²) in [5, 5.41) is 8.57. The first kappa shape index (κ1) is 10.8. The second-order valence-corrected chi connectivity index (χ2v) is 6.05. The molecule has 0 aliphatic heterocycles. The van der Waals surface area contributed by atoms with Crippen molar-refractivity contribution in [1.29, 1.82) is 0 Å². The zero-order valence-electron chi connectivity index (χ0n) is 9.69. The number of fused-ring (bicyclic) bond motifs is 1. The van der Waals surface area contributed by atoms with Crippen LogP contribution in [0.5, 0.6) is 0 Å². The van der Waals surface area contributed by atoms with Gasteiger partial charge in [-0.15, -0.1) is 0 Å². The Morgan fingerprint density at radius 2 is 1.93 bits per heavy atom. The van der Waals surface area contributed by atoms with E-state index in [0.717, 1.165) is 18.8 Å². The minimum Gasteiger partial charge on any atom is -0.450 e. The molecule has 2 saturated carbocycles. The van der Waals surface area contributed by atoms with Crippen molar-refractivity contribution in [2.45, 2.75) is 46.1 Å². The van der Waals surface area contributed by atoms with Gasteiger partial charge in [-0.1, -0.05) is 20.8 Å². The van der Waals surface area contributed by atoms with Gasteiger partial charge in [0.25, 0.3) is 0 Å². The van der Waals surface area contributed by atoms with Gasteiger partial charge in [0.1, 0.15) is 6.10 Å². The van der Waals surface area contributed by atoms with Gasteiger partial charge in [-0.25, -0.2) is 4.79 Å². The van der Waals surface area contributed by atoms with Gasteiger partial charge in [0.05, 0.1) is 0 Å². The molecule has 0 aromatic rings. The highest BCUT2D eigenvalue weighted by Gasteiger charge is 2.56. The van der Waals surface area contributed by atoms with E-state index in [2.05, 4.69) is 20.8 Å². The van der Waals surface area contributed by atoms with Gasteiger partial charge >= 0.3 is 6.16 Å². The van der Waals surface area contributed by atoms with Crippen molar-refractivity contribution in [2.75, 3.05) is 0 Å². The first-order chi connectivity index (χ1) is 6.89. The van der Waals surface area contributed by atoms with Crippen molar-refractivity contribution in [2.24, 2.45) is 23.2 Å². The van der Waals surface area contributed by atoms with Crippen LogP contribution in [0.25, 0.3) is 0 Å². The lowest BCUT2D eigenvalue weighted by atomic mass is 9.72. The van der Waals surface area contributed by atoms with Crippen molar-refractivity contribution in [1.82, 2.24) is 0 Å². The molecule has 2 fully saturated rings. The van der Waals surface area contributed by atoms with Crippen molar-refractivity contribution in [3.8, 4) is 0 Å². The number of carboxylic acid groups (broad SMARTS) is 1. The summed E-state index contributed by atoms with van der Waals surface area (Å²) in [5.41, 5.74) is 0.349. The summed E-state index contributed by atoms with van der Waals surface area (Å²) in [6, 6.07) is 0. The molecule has 0 aromatic heterocycles. The fraction of sp³-hybridized carbons (Fsp3) is 0.917. The standard InChI is InChI=1S/C12H20O3/c1-12(2,3)7-4-5-8-9(6-7)10(8)15-11(13)14/h7-10H,4-6H2,1-3H3,(H,13,14). The number of ether oxygens (including phenoxy) is 1. The van der Waals surface area contributed by atoms with Crippen LogP contribution in [0.3, 0.4) is 0 Å². The molecule has 2 rings (SSSR count). The number of hydrogen-bond donors (Lipinski definition) is 1. The summed E-state index contributed by atoms with van der Waals surface area (Å²) in [6.45, 7) is 6.81. The Labute approximate surface area is 90.8 Å². The van der Waals surface area contributed by atoms with Gasteiger partial charge < -0.3 is 9.84 Å². The molecule has 0 heterocycles. The average molecular weight is 212 g/mol. The van der Waals surface area contributed by atoms with Crippen LogP contribution in [0, 0.1) is 23.2 Å². The number of hydrogen-bond acceptors (Lipinski definition) is 2. The van der Waals surface area contributed by atoms with Crippen LogP contribution in [0.4, 0.5) is 4.79 Å². The van der Waals surface area contributed by atoms with E-state index in [0.29, 0.717) is 17.3 Å². The smallest absolute Gasteiger partial charge is 0.450 e. The molecule has 0 amide bonds. The Balaban J connectivity index is 1.90. The van der Waals surface area contributed by atoms with Crippen molar-refractivity contribution in [3.05, 3.63) is 0 Å². The minimum absolute atomic E-state index is 0.00912. The summed E-state index contributed by atoms with van der Waals surface area (Å²) in [4.78, 5) is 10.4. The summed E-state index contributed by atoms with van der Waals surface area (Å²) in [6.07, 6.45) is 2.41. The molecular formula is C12H20O3. The van der Waals surface area contributed by atoms with E-state index in [1.54, 1.807) is 0 Å². The third kappa shape index (κ3) is 2.11. The van der Waals surface area contributed by atoms with Crippen molar-refractivity contribution in [3.63, 3.8) is 0 Å². The Bertz CT molecular complexity index is 267. The average Bonchev–Trinajstić information content (AvgIpc) is 2.76. The summed E-state index contributed by atoms with van der Waals surface area (Å²) in [7, 11) is 0. The Morgan fingerprint density at radius 3 is 2.47 bits per heavy atom. The molecule has 1 N–H and O–H groups in total. The summed E-state index contributed by atoms with van der Waals surface area (Å²) in [5.74, 6) is 1.76. The van der Waals surface area contributed by atoms with Gasteiger partial charge in [-0.3, -0.25) is 0 Å². The summed E-state index contributed by atoms with van der Waals surface area (Å²) < 4.78 is 4.89. The molecular weight excluding hydrogens is 192 g/mol. The van der Waals surface area contributed by atoms with Crippen LogP contribution in [0.2, 0.25) is 0 Å². The monoisotopic (exact) mass is 212 g/mol. The fourth-order valence-corrected chi connectivity index (χ4v) is 3.01. The van der Waals surface area contributed by atoms with Gasteiger partial charge in [0.2, 0.25) is 0 Å². The molecule has 2 aliphatic rings. The van der Waals surface area contributed by atoms with Crippen LogP contribution in [-0.4, -0.2) is 17.4 Å². The predicted molar refractivity (Wildman–Crippen MR) is 56.7 cm³/mol. The second-order valence-electron chi connectivity index (χ2n) is 6.05. The van der Waals surface area contributed by atoms with Crippen LogP contribution in [-0.2, 0) is 4.74 Å². The highest BCUT2D eigenvalue weighted by molar-refractivity contribution is 5.57. The lowest BCUT2D eigenvalue weighted by molar-refractivity contribution is 0.0765. The molecule has 4 unspecified atom stereocenters. The molecule has 3 nitrogen and oxygen atoms in total. The van der Waals surface area contributed by atoms with Gasteiger partial charge in [-0.2, -0.15) is 0 Å². The minimum atomic E-state index is -1.11. The zero-order chi connectivity index (χ0) is 11.2. The van der Waals surface area contributed by atoms with E-state index in [1.165, 1.54) is 6.42 Å². The summed E-state index contributed by atoms with van der Waals surface area (Å²) >= 11 is 0. The number of rotatable bonds is 1. The molecule has 15 heavy (non-hydrogen) atoms. The highest BCUT2D eigenvalue weighted by Crippen LogP contribution is 2.56. The van der Waals surface area contributed by atoms with E-state index in [9.17, 15) is 4.79 Å². The molecule has 0 spiro atoms. The highest BCUT2D eigenvalue weighted by atomic mass is 16.7. The molecule has 2 aliphatic carbocycles. The van der Waals surface area contributed by atoms with E-state index >= 15 is 0 Å². The van der Waals surface area contributed by atoms with Crippen molar-refractivity contribution >= 4 is 6.16 Å². The van der Waals surface area contributed by atoms with Crippen LogP contribution in [0.15, 0.2) is 0 Å². The van der Waals surface area contributed by atoms with Gasteiger partial charge in [0.15, 0.2) is 0 Å². The largest absolute Gasteiger partial charge is 0.506 e. The molecule has 0 saturated heterocycles. The maximum Gasteiger partial charge on any atom is 0.506 e. The Hall–Kier alpha value is -0.730. The zero-order valence-corrected chi connectivity index (χ0v) is 9.69. The Kier molecular flexibility index (Phi) is 2.44. The normalized spacial score (nSPS) is 39.4. The molecule has 3 heteroatoms. The van der Waals surface area contributed by atoms with Crippen LogP contribution < -0.4 is 0 Å². The maximum atomic E-state index is 10.4. The molecule has 0 bridgehead atoms. The van der Waals surface area contributed by atoms with E-state index in [1.807, 2.05) is 0 Å². The Morgan fingerprint density at radius 1 is 1.27 bits per heavy atom. The van der Waals surface area contributed by atoms with Gasteiger partial charge in [-0.05, 0) is 30.6 Å². The SMILES string of the molecule is CC(C)(C)C1CCC2C(C1)C2OC(=O)O. The lowest BCUT2D eigenvalue weighted by Gasteiger charge is -2.33. The van der Waals surface area contributed by atoms with E-state index in [-0.39, 0.29) is 6.10 Å². The van der Waals surface area contributed by atoms with Crippen LogP contribution in [0.1, 0.15) is 40.0 Å². The predicted octanol–water partition coefficient (Wildman–Crippen LogP) is 3.14. The number of carbonyl (C=O) groups is 1. The maximum absolute atomic E-state index is 10.4. The van der Waals surface area contributed by atoms with Crippen molar-refractivity contribution < 1.29 is 14.6 Å². The van der Waals surface area contributed by atoms with Gasteiger partial charge in [0, 0.05) is 11.8 Å². The molecule has 0 aromatic carbocycles. The lowest BCUT2D eigenvalue weighted by Crippen LogP contribution is -2.23. The molecule has 0 radical (unpaired) electrons. The third-order valence-corrected chi connectivity index (χ3v) is 4.12. The third-order valence-electron chi connectivity index (χ3n) is 4.12. The van der Waals surface area contributed by atoms with E-state index in [4.69, 9.17) is 9.84 Å². The first-order valence-electron chi connectivity index (χ1n) is 5.79. The van der Waals surface area contributed by atoms with E-state index < -0.39 is 6.16 Å².